The van der Waals surface area contributed by atoms with Gasteiger partial charge < -0.3 is 24.3 Å². The van der Waals surface area contributed by atoms with Crippen molar-refractivity contribution in [2.24, 2.45) is 5.92 Å². The molecule has 0 bridgehead atoms. The molecule has 7 heteroatoms. The topological polar surface area (TPSA) is 74.9 Å². The number of piperidine rings is 1. The second-order valence-corrected chi connectivity index (χ2v) is 9.88. The number of likely N-dealkylation sites (tertiary alicyclic amines) is 2. The maximum absolute atomic E-state index is 13.2. The summed E-state index contributed by atoms with van der Waals surface area (Å²) < 4.78 is 11.8. The molecule has 2 aromatic rings. The van der Waals surface area contributed by atoms with E-state index in [0.717, 1.165) is 36.6 Å². The Hall–Kier alpha value is -2.38. The van der Waals surface area contributed by atoms with Crippen LogP contribution >= 0.6 is 0 Å². The zero-order chi connectivity index (χ0) is 21.7. The maximum atomic E-state index is 13.2. The summed E-state index contributed by atoms with van der Waals surface area (Å²) in [7, 11) is 0. The average molecular weight is 438 g/mol. The molecule has 0 radical (unpaired) electrons. The molecule has 1 aromatic heterocycles. The van der Waals surface area contributed by atoms with Crippen LogP contribution in [0.4, 0.5) is 0 Å². The quantitative estimate of drug-likeness (QED) is 0.730. The molecular weight excluding hydrogens is 406 g/mol. The first-order chi connectivity index (χ1) is 15.7. The van der Waals surface area contributed by atoms with Gasteiger partial charge >= 0.3 is 0 Å². The van der Waals surface area contributed by atoms with E-state index in [1.165, 1.54) is 12.8 Å². The summed E-state index contributed by atoms with van der Waals surface area (Å²) in [6.45, 7) is 3.44. The van der Waals surface area contributed by atoms with Crippen LogP contribution in [0.15, 0.2) is 30.5 Å². The van der Waals surface area contributed by atoms with Crippen molar-refractivity contribution >= 4 is 22.7 Å². The number of aromatic nitrogens is 1. The van der Waals surface area contributed by atoms with Crippen molar-refractivity contribution < 1.29 is 19.1 Å². The van der Waals surface area contributed by atoms with Gasteiger partial charge in [-0.05, 0) is 68.0 Å². The highest BCUT2D eigenvalue weighted by molar-refractivity contribution is 5.98. The minimum absolute atomic E-state index is 0.0707. The lowest BCUT2D eigenvalue weighted by Gasteiger charge is -2.62. The lowest BCUT2D eigenvalue weighted by molar-refractivity contribution is -0.219. The minimum Gasteiger partial charge on any atom is -0.381 e. The zero-order valence-corrected chi connectivity index (χ0v) is 18.4. The van der Waals surface area contributed by atoms with Crippen molar-refractivity contribution in [2.75, 3.05) is 32.9 Å². The number of nitrogens with one attached hydrogen (secondary N) is 1. The summed E-state index contributed by atoms with van der Waals surface area (Å²) in [6, 6.07) is 8.01. The Morgan fingerprint density at radius 1 is 1.12 bits per heavy atom. The SMILES string of the molecule is O=C(c1ccc2cc[nH]c2c1)N1CCC(N2C(=O)C(OCC3CC3)C23CCOCC3)CC1. The molecule has 4 aliphatic rings. The molecule has 1 aromatic carbocycles. The fourth-order valence-electron chi connectivity index (χ4n) is 5.84. The molecule has 3 saturated heterocycles. The van der Waals surface area contributed by atoms with Gasteiger partial charge in [-0.1, -0.05) is 6.07 Å². The van der Waals surface area contributed by atoms with Crippen molar-refractivity contribution in [1.29, 1.82) is 0 Å². The van der Waals surface area contributed by atoms with Crippen LogP contribution in [-0.2, 0) is 14.3 Å². The third-order valence-electron chi connectivity index (χ3n) is 7.90. The molecule has 1 aliphatic carbocycles. The number of H-pyrrole nitrogens is 1. The Kier molecular flexibility index (Phi) is 4.99. The van der Waals surface area contributed by atoms with Crippen LogP contribution in [0.2, 0.25) is 0 Å². The van der Waals surface area contributed by atoms with E-state index in [1.807, 2.05) is 35.4 Å². The van der Waals surface area contributed by atoms with Gasteiger partial charge in [0.25, 0.3) is 11.8 Å². The number of β-lactam (4-membered cyclic amide) rings is 1. The van der Waals surface area contributed by atoms with Crippen LogP contribution in [0.25, 0.3) is 10.9 Å². The Bertz CT molecular complexity index is 1020. The van der Waals surface area contributed by atoms with E-state index >= 15 is 0 Å². The number of hydrogen-bond acceptors (Lipinski definition) is 4. The highest BCUT2D eigenvalue weighted by atomic mass is 16.5. The van der Waals surface area contributed by atoms with E-state index in [-0.39, 0.29) is 29.5 Å². The van der Waals surface area contributed by atoms with E-state index in [1.54, 1.807) is 0 Å². The molecule has 1 unspecified atom stereocenters. The summed E-state index contributed by atoms with van der Waals surface area (Å²) in [4.78, 5) is 33.5. The largest absolute Gasteiger partial charge is 0.381 e. The summed E-state index contributed by atoms with van der Waals surface area (Å²) >= 11 is 0. The zero-order valence-electron chi connectivity index (χ0n) is 18.4. The normalized spacial score (nSPS) is 26.0. The van der Waals surface area contributed by atoms with E-state index in [0.29, 0.717) is 44.4 Å². The molecule has 1 saturated carbocycles. The lowest BCUT2D eigenvalue weighted by Crippen LogP contribution is -2.79. The van der Waals surface area contributed by atoms with Gasteiger partial charge in [0, 0.05) is 49.6 Å². The number of benzene rings is 1. The number of hydrogen-bond donors (Lipinski definition) is 1. The molecule has 7 nitrogen and oxygen atoms in total. The molecule has 32 heavy (non-hydrogen) atoms. The summed E-state index contributed by atoms with van der Waals surface area (Å²) in [5, 5.41) is 1.11. The number of nitrogens with zero attached hydrogens (tertiary/aromatic N) is 2. The van der Waals surface area contributed by atoms with Crippen molar-refractivity contribution in [3.05, 3.63) is 36.0 Å². The highest BCUT2D eigenvalue weighted by Gasteiger charge is 2.63. The Balaban J connectivity index is 1.12. The number of amides is 2. The summed E-state index contributed by atoms with van der Waals surface area (Å²) in [5.74, 6) is 0.865. The Morgan fingerprint density at radius 2 is 1.91 bits per heavy atom. The molecule has 4 heterocycles. The molecule has 2 amide bonds. The van der Waals surface area contributed by atoms with Crippen LogP contribution in [0.3, 0.4) is 0 Å². The van der Waals surface area contributed by atoms with E-state index in [4.69, 9.17) is 9.47 Å². The van der Waals surface area contributed by atoms with Gasteiger partial charge in [0.05, 0.1) is 12.1 Å². The number of aromatic amines is 1. The van der Waals surface area contributed by atoms with E-state index in [2.05, 4.69) is 9.88 Å². The predicted molar refractivity (Wildman–Crippen MR) is 119 cm³/mol. The van der Waals surface area contributed by atoms with Crippen LogP contribution in [-0.4, -0.2) is 77.2 Å². The van der Waals surface area contributed by atoms with E-state index in [9.17, 15) is 9.59 Å². The van der Waals surface area contributed by atoms with Gasteiger partial charge in [0.1, 0.15) is 0 Å². The van der Waals surface area contributed by atoms with E-state index < -0.39 is 0 Å². The van der Waals surface area contributed by atoms with Crippen LogP contribution in [0.5, 0.6) is 0 Å². The van der Waals surface area contributed by atoms with Crippen LogP contribution in [0, 0.1) is 5.92 Å². The maximum Gasteiger partial charge on any atom is 0.254 e. The Morgan fingerprint density at radius 3 is 2.66 bits per heavy atom. The third-order valence-corrected chi connectivity index (χ3v) is 7.90. The lowest BCUT2D eigenvalue weighted by atomic mass is 9.72. The number of ether oxygens (including phenoxy) is 2. The molecule has 1 spiro atoms. The molecular formula is C25H31N3O4. The second-order valence-electron chi connectivity index (χ2n) is 9.88. The molecule has 4 fully saturated rings. The van der Waals surface area contributed by atoms with Gasteiger partial charge in [-0.15, -0.1) is 0 Å². The second kappa shape index (κ2) is 7.89. The highest BCUT2D eigenvalue weighted by Crippen LogP contribution is 2.46. The van der Waals surface area contributed by atoms with Gasteiger partial charge in [-0.2, -0.15) is 0 Å². The van der Waals surface area contributed by atoms with Gasteiger partial charge in [-0.3, -0.25) is 9.59 Å². The van der Waals surface area contributed by atoms with Crippen LogP contribution in [0.1, 0.15) is 48.9 Å². The number of rotatable bonds is 5. The predicted octanol–water partition coefficient (Wildman–Crippen LogP) is 2.96. The monoisotopic (exact) mass is 437 g/mol. The van der Waals surface area contributed by atoms with Crippen molar-refractivity contribution in [1.82, 2.24) is 14.8 Å². The summed E-state index contributed by atoms with van der Waals surface area (Å²) in [6.07, 6.45) is 7.38. The molecule has 6 rings (SSSR count). The smallest absolute Gasteiger partial charge is 0.254 e. The van der Waals surface area contributed by atoms with Crippen molar-refractivity contribution in [3.63, 3.8) is 0 Å². The third kappa shape index (κ3) is 3.33. The fourth-order valence-corrected chi connectivity index (χ4v) is 5.84. The first-order valence-electron chi connectivity index (χ1n) is 12.0. The van der Waals surface area contributed by atoms with Gasteiger partial charge in [-0.25, -0.2) is 0 Å². The molecule has 1 N–H and O–H groups in total. The molecule has 3 aliphatic heterocycles. The number of fused-ring (bicyclic) bond motifs is 1. The standard InChI is InChI=1S/C25H31N3O4/c29-23(19-4-3-18-5-10-26-21(18)15-19)27-11-6-20(7-12-27)28-24(30)22(32-16-17-1-2-17)25(28)8-13-31-14-9-25/h3-5,10,15,17,20,22,26H,1-2,6-9,11-14,16H2. The number of carbonyl (C=O) groups excluding carboxylic acids is 2. The van der Waals surface area contributed by atoms with Gasteiger partial charge in [0.2, 0.25) is 0 Å². The minimum atomic E-state index is -0.306. The Labute approximate surface area is 188 Å². The van der Waals surface area contributed by atoms with Crippen molar-refractivity contribution in [3.8, 4) is 0 Å². The number of carbonyl (C=O) groups is 2. The average Bonchev–Trinajstić information content (AvgIpc) is 3.53. The molecule has 1 atom stereocenters. The summed E-state index contributed by atoms with van der Waals surface area (Å²) in [5.41, 5.74) is 1.49. The molecule has 170 valence electrons. The van der Waals surface area contributed by atoms with Crippen molar-refractivity contribution in [2.45, 2.75) is 56.2 Å². The van der Waals surface area contributed by atoms with Crippen LogP contribution < -0.4 is 0 Å². The van der Waals surface area contributed by atoms with Gasteiger partial charge in [0.15, 0.2) is 6.10 Å². The fraction of sp³-hybridized carbons (Fsp3) is 0.600. The first-order valence-corrected chi connectivity index (χ1v) is 12.0. The first kappa shape index (κ1) is 20.2.